The van der Waals surface area contributed by atoms with Crippen molar-refractivity contribution in [2.45, 2.75) is 86.8 Å². The van der Waals surface area contributed by atoms with Crippen LogP contribution in [0.3, 0.4) is 0 Å². The lowest BCUT2D eigenvalue weighted by Crippen LogP contribution is -2.58. The second kappa shape index (κ2) is 12.7. The lowest BCUT2D eigenvalue weighted by Gasteiger charge is -2.48. The lowest BCUT2D eigenvalue weighted by atomic mass is 9.66. The van der Waals surface area contributed by atoms with Gasteiger partial charge in [-0.1, -0.05) is 140 Å². The van der Waals surface area contributed by atoms with Crippen molar-refractivity contribution in [2.24, 2.45) is 28.4 Å². The third-order valence-corrected chi connectivity index (χ3v) is 10.8. The highest BCUT2D eigenvalue weighted by molar-refractivity contribution is 6.80. The van der Waals surface area contributed by atoms with Crippen LogP contribution in [-0.2, 0) is 16.4 Å². The first kappa shape index (κ1) is 31.6. The number of aryl methyl sites for hydroxylation is 1. The van der Waals surface area contributed by atoms with Crippen molar-refractivity contribution in [2.75, 3.05) is 0 Å². The molecule has 0 bridgehead atoms. The Morgan fingerprint density at radius 3 is 1.72 bits per heavy atom. The van der Waals surface area contributed by atoms with Crippen LogP contribution < -0.4 is 16.1 Å². The third-order valence-electron chi connectivity index (χ3n) is 7.90. The predicted octanol–water partition coefficient (Wildman–Crippen LogP) is 7.73. The third kappa shape index (κ3) is 8.30. The molecule has 0 aliphatic heterocycles. The van der Waals surface area contributed by atoms with Crippen molar-refractivity contribution < 1.29 is 4.43 Å². The maximum Gasteiger partial charge on any atom is 0.240 e. The molecule has 0 saturated heterocycles. The van der Waals surface area contributed by atoms with E-state index in [9.17, 15) is 0 Å². The van der Waals surface area contributed by atoms with E-state index in [-0.39, 0.29) is 22.9 Å². The molecule has 3 unspecified atom stereocenters. The zero-order chi connectivity index (χ0) is 29.0. The monoisotopic (exact) mass is 563 g/mol. The van der Waals surface area contributed by atoms with Gasteiger partial charge in [0.05, 0.1) is 6.10 Å². The van der Waals surface area contributed by atoms with Gasteiger partial charge in [-0.25, -0.2) is 0 Å². The molecule has 0 saturated carbocycles. The fourth-order valence-electron chi connectivity index (χ4n) is 5.72. The molecule has 2 N–H and O–H groups in total. The Bertz CT molecular complexity index is 1140. The summed E-state index contributed by atoms with van der Waals surface area (Å²) in [7, 11) is -2.00. The summed E-state index contributed by atoms with van der Waals surface area (Å²) in [5, 5.41) is 3.38. The Kier molecular flexibility index (Phi) is 10.3. The molecule has 3 atom stereocenters. The average Bonchev–Trinajstić information content (AvgIpc) is 2.85. The maximum atomic E-state index is 7.37. The van der Waals surface area contributed by atoms with Crippen LogP contribution in [0.25, 0.3) is 0 Å². The highest BCUT2D eigenvalue weighted by Gasteiger charge is 2.46. The van der Waals surface area contributed by atoms with Crippen LogP contribution in [0.15, 0.2) is 78.9 Å². The molecule has 0 heterocycles. The Morgan fingerprint density at radius 2 is 1.31 bits per heavy atom. The summed E-state index contributed by atoms with van der Waals surface area (Å²) in [6.07, 6.45) is 1.99. The lowest BCUT2D eigenvalue weighted by molar-refractivity contribution is -0.0187. The molecule has 3 aromatic rings. The first-order valence-electron chi connectivity index (χ1n) is 14.4. The summed E-state index contributed by atoms with van der Waals surface area (Å²) in [5.74, 6) is 0.362. The van der Waals surface area contributed by atoms with Crippen molar-refractivity contribution in [3.05, 3.63) is 95.0 Å². The first-order valence-corrected chi connectivity index (χ1v) is 16.4. The van der Waals surface area contributed by atoms with E-state index in [0.717, 1.165) is 23.4 Å². The Labute approximate surface area is 245 Å². The number of hydrogen-bond donors (Lipinski definition) is 1. The van der Waals surface area contributed by atoms with Crippen LogP contribution in [0.1, 0.15) is 79.9 Å². The first-order chi connectivity index (χ1) is 18.1. The summed E-state index contributed by atoms with van der Waals surface area (Å²) < 4.78 is 7.37. The summed E-state index contributed by atoms with van der Waals surface area (Å²) in [6, 6.07) is 28.0. The maximum absolute atomic E-state index is 7.37. The van der Waals surface area contributed by atoms with E-state index in [1.54, 1.807) is 0 Å². The van der Waals surface area contributed by atoms with Gasteiger partial charge in [-0.2, -0.15) is 0 Å². The van der Waals surface area contributed by atoms with Crippen LogP contribution in [0.2, 0.25) is 5.02 Å². The second-order valence-corrected chi connectivity index (χ2v) is 16.8. The van der Waals surface area contributed by atoms with E-state index in [4.69, 9.17) is 21.8 Å². The largest absolute Gasteiger partial charge is 0.407 e. The number of rotatable bonds is 10. The quantitative estimate of drug-likeness (QED) is 0.256. The van der Waals surface area contributed by atoms with Gasteiger partial charge in [0, 0.05) is 16.5 Å². The van der Waals surface area contributed by atoms with E-state index in [1.165, 1.54) is 15.9 Å². The smallest absolute Gasteiger partial charge is 0.240 e. The van der Waals surface area contributed by atoms with Crippen molar-refractivity contribution in [1.29, 1.82) is 0 Å². The van der Waals surface area contributed by atoms with Gasteiger partial charge in [-0.15, -0.1) is 0 Å². The predicted molar refractivity (Wildman–Crippen MR) is 173 cm³/mol. The number of nitrogens with two attached hydrogens (primary N) is 1. The van der Waals surface area contributed by atoms with Crippen molar-refractivity contribution >= 4 is 31.0 Å². The molecule has 2 nitrogen and oxygen atoms in total. The minimum Gasteiger partial charge on any atom is -0.407 e. The zero-order valence-electron chi connectivity index (χ0n) is 25.6. The zero-order valence-corrected chi connectivity index (χ0v) is 27.5. The molecular formula is C35H50ClNOSi. The fraction of sp³-hybridized carbons (Fsp3) is 0.486. The van der Waals surface area contributed by atoms with Gasteiger partial charge >= 0.3 is 0 Å². The molecule has 4 heteroatoms. The van der Waals surface area contributed by atoms with E-state index < -0.39 is 14.6 Å². The van der Waals surface area contributed by atoms with Gasteiger partial charge in [0.1, 0.15) is 0 Å². The Balaban J connectivity index is 2.04. The van der Waals surface area contributed by atoms with Crippen LogP contribution >= 0.6 is 11.6 Å². The second-order valence-electron chi connectivity index (χ2n) is 14.0. The van der Waals surface area contributed by atoms with Gasteiger partial charge in [0.2, 0.25) is 9.04 Å². The van der Waals surface area contributed by atoms with Crippen molar-refractivity contribution in [3.63, 3.8) is 0 Å². The SMILES string of the molecule is CC(C)C(C(O[SiH](c1ccccc1)c1ccccc1)C(C)(C)C)C(C)(N)c1ccc(CCC(C)(C)C)c(Cl)c1. The molecule has 0 aromatic heterocycles. The molecule has 0 aliphatic rings. The normalized spacial score (nSPS) is 15.8. The fourth-order valence-corrected chi connectivity index (χ4v) is 8.71. The molecule has 3 aromatic carbocycles. The van der Waals surface area contributed by atoms with Crippen molar-refractivity contribution in [3.8, 4) is 0 Å². The molecule has 0 spiro atoms. The molecule has 0 amide bonds. The Hall–Kier alpha value is -1.91. The molecule has 0 radical (unpaired) electrons. The summed E-state index contributed by atoms with van der Waals surface area (Å²) in [5.41, 5.74) is 9.14. The standard InChI is InChI=1S/C35H50ClNOSi/c1-25(2)31(35(9,37)27-21-20-26(30(36)24-27)22-23-33(3,4)5)32(34(6,7)8)38-39(28-16-12-10-13-17-28)29-18-14-11-15-19-29/h10-21,24-25,31-32,39H,22-23,37H2,1-9H3. The van der Waals surface area contributed by atoms with Crippen LogP contribution in [0.5, 0.6) is 0 Å². The van der Waals surface area contributed by atoms with Gasteiger partial charge < -0.3 is 10.2 Å². The topological polar surface area (TPSA) is 35.2 Å². The van der Waals surface area contributed by atoms with E-state index in [2.05, 4.69) is 141 Å². The summed E-state index contributed by atoms with van der Waals surface area (Å²) >= 11 is 6.88. The molecule has 3 rings (SSSR count). The summed E-state index contributed by atoms with van der Waals surface area (Å²) in [6.45, 7) is 20.4. The summed E-state index contributed by atoms with van der Waals surface area (Å²) in [4.78, 5) is 0. The Morgan fingerprint density at radius 1 is 0.795 bits per heavy atom. The van der Waals surface area contributed by atoms with Gasteiger partial charge in [0.25, 0.3) is 0 Å². The molecule has 212 valence electrons. The number of hydrogen-bond acceptors (Lipinski definition) is 2. The minimum atomic E-state index is -2.00. The highest BCUT2D eigenvalue weighted by Crippen LogP contribution is 2.43. The van der Waals surface area contributed by atoms with Gasteiger partial charge in [0.15, 0.2) is 0 Å². The van der Waals surface area contributed by atoms with Crippen molar-refractivity contribution in [1.82, 2.24) is 0 Å². The van der Waals surface area contributed by atoms with Crippen LogP contribution in [0.4, 0.5) is 0 Å². The highest BCUT2D eigenvalue weighted by atomic mass is 35.5. The molecule has 39 heavy (non-hydrogen) atoms. The van der Waals surface area contributed by atoms with E-state index >= 15 is 0 Å². The number of halogens is 1. The molecular weight excluding hydrogens is 514 g/mol. The van der Waals surface area contributed by atoms with Crippen LogP contribution in [-0.4, -0.2) is 15.1 Å². The van der Waals surface area contributed by atoms with Gasteiger partial charge in [-0.05, 0) is 64.1 Å². The van der Waals surface area contributed by atoms with E-state index in [1.807, 2.05) is 0 Å². The molecule has 0 aliphatic carbocycles. The van der Waals surface area contributed by atoms with Crippen LogP contribution in [0, 0.1) is 22.7 Å². The number of benzene rings is 3. The van der Waals surface area contributed by atoms with E-state index in [0.29, 0.717) is 5.92 Å². The van der Waals surface area contributed by atoms with Gasteiger partial charge in [-0.3, -0.25) is 0 Å². The average molecular weight is 564 g/mol. The molecule has 0 fully saturated rings. The minimum absolute atomic E-state index is 0.0658.